The number of aliphatic hydroxyl groups excluding tert-OH is 5. The highest BCUT2D eigenvalue weighted by Gasteiger charge is 2.53. The zero-order chi connectivity index (χ0) is 49.1. The molecule has 9 N–H and O–H groups in total. The Morgan fingerprint density at radius 2 is 1.49 bits per heavy atom. The second-order valence-corrected chi connectivity index (χ2v) is 19.3. The Morgan fingerprint density at radius 3 is 2.09 bits per heavy atom. The molecule has 0 spiro atoms. The molecule has 9 unspecified atom stereocenters. The van der Waals surface area contributed by atoms with Crippen LogP contribution in [0.15, 0.2) is 24.3 Å². The van der Waals surface area contributed by atoms with Crippen molar-refractivity contribution in [1.82, 2.24) is 20.9 Å². The molecule has 2 saturated carbocycles. The summed E-state index contributed by atoms with van der Waals surface area (Å²) in [5.74, 6) is -3.09. The number of hydrogen-bond acceptors (Lipinski definition) is 15. The molecule has 68 heavy (non-hydrogen) atoms. The second kappa shape index (κ2) is 25.3. The first-order valence-electron chi connectivity index (χ1n) is 24.6. The maximum absolute atomic E-state index is 14.1. The zero-order valence-electron chi connectivity index (χ0n) is 39.5. The molecule has 5 fully saturated rings. The van der Waals surface area contributed by atoms with Crippen LogP contribution in [-0.4, -0.2) is 164 Å². The number of aliphatic carboxylic acids is 1. The van der Waals surface area contributed by atoms with Gasteiger partial charge in [0, 0.05) is 51.9 Å². The molecule has 15 atom stereocenters. The summed E-state index contributed by atoms with van der Waals surface area (Å²) in [4.78, 5) is 65.7. The van der Waals surface area contributed by atoms with E-state index < -0.39 is 110 Å². The molecule has 1 aromatic carbocycles. The molecule has 1 aromatic rings. The molecule has 0 radical (unpaired) electrons. The standard InChI is InChI=1S/C48H74N4O16/c1-4-31-21-32(45(62)50-24-30-16-14-29(15-17-30)23-49-36(55)12-8-13-37(56)57)22-33(43(31)68-48-42(61)41(60)39(58)26(2)64-48)66-47-38(51-27(3)54)44(40(59)35(25-53)67-47)65-34(46(63)52-18-9-19-52)20-28-10-6-5-7-11-28/h14-17,26,28,31-35,38-44,47-48,53,58-61H,4-13,18-25H2,1-3H3,(H,49,55)(H,50,62)(H,51,54)(H,56,57)/t26?,31?,32?,33-,34+,35?,38?,39-,40+,41?,42?,43?,44?,47-,48+/m1/s1. The normalized spacial score (nSPS) is 33.7. The van der Waals surface area contributed by atoms with Crippen LogP contribution in [0, 0.1) is 17.8 Å². The van der Waals surface area contributed by atoms with Crippen molar-refractivity contribution in [2.24, 2.45) is 17.8 Å². The number of rotatable bonds is 21. The number of nitrogens with one attached hydrogen (secondary N) is 3. The van der Waals surface area contributed by atoms with Crippen LogP contribution in [0.5, 0.6) is 0 Å². The molecule has 3 saturated heterocycles. The summed E-state index contributed by atoms with van der Waals surface area (Å²) in [7, 11) is 0. The minimum atomic E-state index is -1.65. The average molecular weight is 963 g/mol. The molecule has 3 heterocycles. The third kappa shape index (κ3) is 14.2. The SMILES string of the molecule is CCC1CC(C(=O)NCc2ccc(CNC(=O)CCCC(=O)O)cc2)C[C@@H](O[C@@H]2OC(CO)[C@H](O)C(O[C@@H](CC3CCCCC3)C(=O)N3CCC3)C2NC(C)=O)C1O[C@@H]1OC(C)[C@@H](O)C(O)C1O. The molecule has 2 aliphatic carbocycles. The lowest BCUT2D eigenvalue weighted by Crippen LogP contribution is -2.67. The predicted octanol–water partition coefficient (Wildman–Crippen LogP) is 0.747. The summed E-state index contributed by atoms with van der Waals surface area (Å²) < 4.78 is 32.1. The van der Waals surface area contributed by atoms with Crippen molar-refractivity contribution in [3.8, 4) is 0 Å². The summed E-state index contributed by atoms with van der Waals surface area (Å²) in [5, 5.41) is 72.0. The number of likely N-dealkylation sites (tertiary alicyclic amines) is 1. The number of benzene rings is 1. The van der Waals surface area contributed by atoms with Crippen molar-refractivity contribution in [2.45, 2.75) is 197 Å². The summed E-state index contributed by atoms with van der Waals surface area (Å²) >= 11 is 0. The van der Waals surface area contributed by atoms with Gasteiger partial charge in [-0.1, -0.05) is 69.7 Å². The topological polar surface area (TPSA) is 292 Å². The van der Waals surface area contributed by atoms with Gasteiger partial charge >= 0.3 is 5.97 Å². The third-order valence-electron chi connectivity index (χ3n) is 14.3. The molecule has 3 aliphatic heterocycles. The van der Waals surface area contributed by atoms with Gasteiger partial charge in [-0.05, 0) is 62.0 Å². The first-order valence-corrected chi connectivity index (χ1v) is 24.6. The van der Waals surface area contributed by atoms with E-state index >= 15 is 0 Å². The van der Waals surface area contributed by atoms with Gasteiger partial charge in [0.05, 0.1) is 24.9 Å². The van der Waals surface area contributed by atoms with E-state index in [0.717, 1.165) is 49.7 Å². The fourth-order valence-electron chi connectivity index (χ4n) is 10.1. The number of amides is 4. The molecule has 382 valence electrons. The predicted molar refractivity (Wildman–Crippen MR) is 241 cm³/mol. The van der Waals surface area contributed by atoms with Gasteiger partial charge in [0.2, 0.25) is 17.7 Å². The van der Waals surface area contributed by atoms with Crippen molar-refractivity contribution in [3.05, 3.63) is 35.4 Å². The van der Waals surface area contributed by atoms with Crippen LogP contribution in [-0.2, 0) is 60.7 Å². The molecular formula is C48H74N4O16. The number of hydrogen-bond donors (Lipinski definition) is 9. The monoisotopic (exact) mass is 963 g/mol. The van der Waals surface area contributed by atoms with Gasteiger partial charge in [0.15, 0.2) is 12.6 Å². The fourth-order valence-corrected chi connectivity index (χ4v) is 10.1. The number of nitrogens with zero attached hydrogens (tertiary/aromatic N) is 1. The van der Waals surface area contributed by atoms with Crippen molar-refractivity contribution >= 4 is 29.6 Å². The van der Waals surface area contributed by atoms with Gasteiger partial charge < -0.3 is 75.2 Å². The lowest BCUT2D eigenvalue weighted by Gasteiger charge is -2.49. The van der Waals surface area contributed by atoms with E-state index in [1.165, 1.54) is 13.8 Å². The zero-order valence-corrected chi connectivity index (χ0v) is 39.5. The number of ether oxygens (including phenoxy) is 5. The van der Waals surface area contributed by atoms with Gasteiger partial charge in [0.25, 0.3) is 5.91 Å². The highest BCUT2D eigenvalue weighted by atomic mass is 16.7. The molecular weight excluding hydrogens is 889 g/mol. The van der Waals surface area contributed by atoms with Crippen LogP contribution >= 0.6 is 0 Å². The van der Waals surface area contributed by atoms with Gasteiger partial charge in [0.1, 0.15) is 48.8 Å². The minimum Gasteiger partial charge on any atom is -0.481 e. The third-order valence-corrected chi connectivity index (χ3v) is 14.3. The van der Waals surface area contributed by atoms with Gasteiger partial charge in [-0.3, -0.25) is 24.0 Å². The van der Waals surface area contributed by atoms with Crippen molar-refractivity contribution < 1.29 is 78.3 Å². The van der Waals surface area contributed by atoms with E-state index in [4.69, 9.17) is 28.8 Å². The highest BCUT2D eigenvalue weighted by molar-refractivity contribution is 5.82. The molecule has 5 aliphatic rings. The number of carboxylic acid groups (broad SMARTS) is 1. The van der Waals surface area contributed by atoms with E-state index in [9.17, 15) is 49.5 Å². The van der Waals surface area contributed by atoms with Crippen LogP contribution in [0.2, 0.25) is 0 Å². The largest absolute Gasteiger partial charge is 0.481 e. The van der Waals surface area contributed by atoms with Crippen LogP contribution in [0.1, 0.15) is 115 Å². The Kier molecular flexibility index (Phi) is 19.9. The number of aliphatic hydroxyl groups is 5. The Labute approximate surface area is 397 Å². The van der Waals surface area contributed by atoms with E-state index in [0.29, 0.717) is 32.4 Å². The van der Waals surface area contributed by atoms with E-state index in [-0.39, 0.29) is 62.4 Å². The Balaban J connectivity index is 1.22. The number of carboxylic acids is 1. The number of carbonyl (C=O) groups is 5. The molecule has 4 amide bonds. The maximum Gasteiger partial charge on any atom is 0.303 e. The molecule has 20 heteroatoms. The molecule has 6 rings (SSSR count). The first kappa shape index (κ1) is 53.5. The lowest BCUT2D eigenvalue weighted by atomic mass is 9.75. The summed E-state index contributed by atoms with van der Waals surface area (Å²) in [5.41, 5.74) is 1.60. The van der Waals surface area contributed by atoms with Crippen LogP contribution in [0.3, 0.4) is 0 Å². The smallest absolute Gasteiger partial charge is 0.303 e. The van der Waals surface area contributed by atoms with Crippen molar-refractivity contribution in [3.63, 3.8) is 0 Å². The average Bonchev–Trinajstić information content (AvgIpc) is 3.30. The Hall–Kier alpha value is -3.83. The van der Waals surface area contributed by atoms with Gasteiger partial charge in [-0.25, -0.2) is 0 Å². The van der Waals surface area contributed by atoms with Crippen LogP contribution < -0.4 is 16.0 Å². The summed E-state index contributed by atoms with van der Waals surface area (Å²) in [6.45, 7) is 5.63. The van der Waals surface area contributed by atoms with E-state index in [1.807, 2.05) is 31.2 Å². The van der Waals surface area contributed by atoms with E-state index in [1.54, 1.807) is 4.90 Å². The van der Waals surface area contributed by atoms with Gasteiger partial charge in [-0.2, -0.15) is 0 Å². The first-order chi connectivity index (χ1) is 32.6. The second-order valence-electron chi connectivity index (χ2n) is 19.3. The highest BCUT2D eigenvalue weighted by Crippen LogP contribution is 2.40. The summed E-state index contributed by atoms with van der Waals surface area (Å²) in [6.07, 6.45) is -7.99. The Bertz CT molecular complexity index is 1820. The van der Waals surface area contributed by atoms with Crippen LogP contribution in [0.4, 0.5) is 0 Å². The maximum atomic E-state index is 14.1. The fraction of sp³-hybridized carbons (Fsp3) is 0.771. The van der Waals surface area contributed by atoms with Crippen molar-refractivity contribution in [2.75, 3.05) is 19.7 Å². The van der Waals surface area contributed by atoms with Crippen molar-refractivity contribution in [1.29, 1.82) is 0 Å². The summed E-state index contributed by atoms with van der Waals surface area (Å²) in [6, 6.07) is 6.06. The number of carbonyl (C=O) groups excluding carboxylic acids is 4. The lowest BCUT2D eigenvalue weighted by molar-refractivity contribution is -0.338. The molecule has 0 bridgehead atoms. The molecule has 0 aromatic heterocycles. The molecule has 20 nitrogen and oxygen atoms in total. The minimum absolute atomic E-state index is 0.0317. The van der Waals surface area contributed by atoms with E-state index in [2.05, 4.69) is 16.0 Å². The van der Waals surface area contributed by atoms with Gasteiger partial charge in [-0.15, -0.1) is 0 Å². The quantitative estimate of drug-likeness (QED) is 0.0822. The van der Waals surface area contributed by atoms with Crippen LogP contribution in [0.25, 0.3) is 0 Å². The Morgan fingerprint density at radius 1 is 0.809 bits per heavy atom.